The van der Waals surface area contributed by atoms with Crippen LogP contribution in [0.15, 0.2) is 4.99 Å². The van der Waals surface area contributed by atoms with Crippen LogP contribution < -0.4 is 10.6 Å². The van der Waals surface area contributed by atoms with Crippen molar-refractivity contribution in [1.82, 2.24) is 10.6 Å². The van der Waals surface area contributed by atoms with Crippen LogP contribution in [0, 0.1) is 5.41 Å². The third-order valence-corrected chi connectivity index (χ3v) is 6.79. The van der Waals surface area contributed by atoms with E-state index in [2.05, 4.69) is 37.7 Å². The van der Waals surface area contributed by atoms with Gasteiger partial charge in [-0.15, -0.1) is 0 Å². The lowest BCUT2D eigenvalue weighted by Gasteiger charge is -2.36. The Bertz CT molecular complexity index is 382. The average molecular weight is 342 g/mol. The molecular formula is C18H35N3OS. The standard InChI is InChI=1S/C18H35N3OS/c1-5-19-16(21-15-6-8-17(2,3)9-7-15)20-14-18(23-4)10-12-22-13-11-18/h15H,5-14H2,1-4H3,(H2,19,20,21). The first-order valence-electron chi connectivity index (χ1n) is 9.16. The molecule has 0 atom stereocenters. The second-order valence-corrected chi connectivity index (χ2v) is 9.05. The molecule has 5 heteroatoms. The molecule has 4 nitrogen and oxygen atoms in total. The number of nitrogens with zero attached hydrogens (tertiary/aromatic N) is 1. The summed E-state index contributed by atoms with van der Waals surface area (Å²) in [6, 6.07) is 0.570. The molecule has 2 N–H and O–H groups in total. The van der Waals surface area contributed by atoms with Crippen LogP contribution in [-0.4, -0.2) is 49.3 Å². The maximum atomic E-state index is 5.53. The fourth-order valence-corrected chi connectivity index (χ4v) is 4.22. The van der Waals surface area contributed by atoms with Gasteiger partial charge in [0.25, 0.3) is 0 Å². The van der Waals surface area contributed by atoms with Crippen molar-refractivity contribution in [3.05, 3.63) is 0 Å². The highest BCUT2D eigenvalue weighted by Gasteiger charge is 2.32. The first-order chi connectivity index (χ1) is 11.0. The molecule has 1 aliphatic carbocycles. The van der Waals surface area contributed by atoms with Gasteiger partial charge in [0, 0.05) is 30.5 Å². The van der Waals surface area contributed by atoms with Gasteiger partial charge in [-0.05, 0) is 57.1 Å². The van der Waals surface area contributed by atoms with Crippen LogP contribution in [0.25, 0.3) is 0 Å². The van der Waals surface area contributed by atoms with Gasteiger partial charge in [0.2, 0.25) is 0 Å². The Hall–Kier alpha value is -0.420. The number of hydrogen-bond acceptors (Lipinski definition) is 3. The van der Waals surface area contributed by atoms with Gasteiger partial charge in [-0.1, -0.05) is 13.8 Å². The summed E-state index contributed by atoms with van der Waals surface area (Å²) in [5.41, 5.74) is 0.513. The summed E-state index contributed by atoms with van der Waals surface area (Å²) in [5, 5.41) is 7.10. The van der Waals surface area contributed by atoms with E-state index in [1.807, 2.05) is 11.8 Å². The molecule has 0 amide bonds. The van der Waals surface area contributed by atoms with Crippen molar-refractivity contribution >= 4 is 17.7 Å². The molecule has 134 valence electrons. The van der Waals surface area contributed by atoms with Crippen LogP contribution in [0.5, 0.6) is 0 Å². The molecule has 1 heterocycles. The smallest absolute Gasteiger partial charge is 0.191 e. The summed E-state index contributed by atoms with van der Waals surface area (Å²) in [7, 11) is 0. The highest BCUT2D eigenvalue weighted by Crippen LogP contribution is 2.35. The average Bonchev–Trinajstić information content (AvgIpc) is 2.55. The Morgan fingerprint density at radius 3 is 2.39 bits per heavy atom. The van der Waals surface area contributed by atoms with E-state index in [9.17, 15) is 0 Å². The van der Waals surface area contributed by atoms with Crippen LogP contribution in [-0.2, 0) is 4.74 Å². The van der Waals surface area contributed by atoms with E-state index < -0.39 is 0 Å². The maximum absolute atomic E-state index is 5.53. The van der Waals surface area contributed by atoms with Crippen LogP contribution in [0.1, 0.15) is 59.3 Å². The number of nitrogens with one attached hydrogen (secondary N) is 2. The third-order valence-electron chi connectivity index (χ3n) is 5.39. The highest BCUT2D eigenvalue weighted by atomic mass is 32.2. The van der Waals surface area contributed by atoms with E-state index in [0.717, 1.165) is 45.1 Å². The molecule has 2 fully saturated rings. The Morgan fingerprint density at radius 2 is 1.83 bits per heavy atom. The topological polar surface area (TPSA) is 45.7 Å². The molecule has 0 aromatic carbocycles. The van der Waals surface area contributed by atoms with Crippen molar-refractivity contribution in [2.75, 3.05) is 32.6 Å². The summed E-state index contributed by atoms with van der Waals surface area (Å²) >= 11 is 1.96. The lowest BCUT2D eigenvalue weighted by atomic mass is 9.75. The van der Waals surface area contributed by atoms with Crippen LogP contribution in [0.2, 0.25) is 0 Å². The summed E-state index contributed by atoms with van der Waals surface area (Å²) in [6.07, 6.45) is 9.53. The minimum atomic E-state index is 0.259. The van der Waals surface area contributed by atoms with E-state index in [1.54, 1.807) is 0 Å². The number of aliphatic imine (C=N–C) groups is 1. The molecule has 0 aromatic rings. The molecule has 1 aliphatic heterocycles. The Morgan fingerprint density at radius 1 is 1.17 bits per heavy atom. The van der Waals surface area contributed by atoms with Gasteiger partial charge in [0.1, 0.15) is 0 Å². The zero-order valence-electron chi connectivity index (χ0n) is 15.4. The van der Waals surface area contributed by atoms with Crippen molar-refractivity contribution in [2.45, 2.75) is 70.1 Å². The molecule has 1 saturated heterocycles. The molecule has 0 radical (unpaired) electrons. The van der Waals surface area contributed by atoms with Gasteiger partial charge in [0.05, 0.1) is 6.54 Å². The lowest BCUT2D eigenvalue weighted by Crippen LogP contribution is -2.46. The number of guanidine groups is 1. The van der Waals surface area contributed by atoms with Crippen LogP contribution in [0.4, 0.5) is 0 Å². The highest BCUT2D eigenvalue weighted by molar-refractivity contribution is 8.00. The van der Waals surface area contributed by atoms with E-state index in [0.29, 0.717) is 11.5 Å². The van der Waals surface area contributed by atoms with E-state index in [1.165, 1.54) is 25.7 Å². The molecule has 1 saturated carbocycles. The van der Waals surface area contributed by atoms with Gasteiger partial charge in [-0.25, -0.2) is 0 Å². The Kier molecular flexibility index (Phi) is 7.08. The second-order valence-electron chi connectivity index (χ2n) is 7.78. The van der Waals surface area contributed by atoms with Crippen molar-refractivity contribution in [3.63, 3.8) is 0 Å². The van der Waals surface area contributed by atoms with Gasteiger partial charge in [-0.2, -0.15) is 11.8 Å². The van der Waals surface area contributed by atoms with E-state index in [-0.39, 0.29) is 4.75 Å². The first kappa shape index (κ1) is 18.9. The van der Waals surface area contributed by atoms with Crippen LogP contribution in [0.3, 0.4) is 0 Å². The second kappa shape index (κ2) is 8.61. The summed E-state index contributed by atoms with van der Waals surface area (Å²) in [4.78, 5) is 4.93. The predicted molar refractivity (Wildman–Crippen MR) is 101 cm³/mol. The monoisotopic (exact) mass is 341 g/mol. The van der Waals surface area contributed by atoms with E-state index >= 15 is 0 Å². The number of thioether (sulfide) groups is 1. The molecule has 23 heavy (non-hydrogen) atoms. The molecular weight excluding hydrogens is 306 g/mol. The molecule has 2 rings (SSSR count). The molecule has 0 aromatic heterocycles. The van der Waals surface area contributed by atoms with Crippen molar-refractivity contribution in [3.8, 4) is 0 Å². The van der Waals surface area contributed by atoms with E-state index in [4.69, 9.17) is 9.73 Å². The minimum absolute atomic E-state index is 0.259. The van der Waals surface area contributed by atoms with Crippen LogP contribution >= 0.6 is 11.8 Å². The number of ether oxygens (including phenoxy) is 1. The van der Waals surface area contributed by atoms with Crippen molar-refractivity contribution < 1.29 is 4.74 Å². The normalized spacial score (nSPS) is 25.1. The molecule has 0 spiro atoms. The lowest BCUT2D eigenvalue weighted by molar-refractivity contribution is 0.0794. The predicted octanol–water partition coefficient (Wildman–Crippen LogP) is 3.42. The summed E-state index contributed by atoms with van der Waals surface area (Å²) in [5.74, 6) is 0.997. The molecule has 2 aliphatic rings. The fraction of sp³-hybridized carbons (Fsp3) is 0.944. The van der Waals surface area contributed by atoms with Crippen molar-refractivity contribution in [2.24, 2.45) is 10.4 Å². The molecule has 0 unspecified atom stereocenters. The summed E-state index contributed by atoms with van der Waals surface area (Å²) in [6.45, 7) is 10.5. The van der Waals surface area contributed by atoms with Gasteiger partial charge in [-0.3, -0.25) is 4.99 Å². The third kappa shape index (κ3) is 5.86. The number of hydrogen-bond donors (Lipinski definition) is 2. The zero-order chi connectivity index (χ0) is 16.8. The zero-order valence-corrected chi connectivity index (χ0v) is 16.2. The van der Waals surface area contributed by atoms with Gasteiger partial charge in [0.15, 0.2) is 5.96 Å². The number of rotatable bonds is 5. The van der Waals surface area contributed by atoms with Crippen molar-refractivity contribution in [1.29, 1.82) is 0 Å². The minimum Gasteiger partial charge on any atom is -0.381 e. The Balaban J connectivity index is 1.91. The summed E-state index contributed by atoms with van der Waals surface area (Å²) < 4.78 is 5.79. The van der Waals surface area contributed by atoms with Gasteiger partial charge >= 0.3 is 0 Å². The molecule has 0 bridgehead atoms. The largest absolute Gasteiger partial charge is 0.381 e. The fourth-order valence-electron chi connectivity index (χ4n) is 3.45. The Labute approximate surface area is 146 Å². The quantitative estimate of drug-likeness (QED) is 0.594. The van der Waals surface area contributed by atoms with Gasteiger partial charge < -0.3 is 15.4 Å². The SMILES string of the molecule is CCNC(=NCC1(SC)CCOCC1)NC1CCC(C)(C)CC1. The maximum Gasteiger partial charge on any atom is 0.191 e. The first-order valence-corrected chi connectivity index (χ1v) is 10.4.